The molecule has 0 radical (unpaired) electrons. The molecule has 0 atom stereocenters. The highest BCUT2D eigenvalue weighted by Crippen LogP contribution is 2.29. The average Bonchev–Trinajstić information content (AvgIpc) is 2.45. The van der Waals surface area contributed by atoms with Crippen LogP contribution in [0.2, 0.25) is 0 Å². The first-order valence-corrected chi connectivity index (χ1v) is 5.65. The fraction of sp³-hybridized carbons (Fsp3) is 0.0667. The number of carbonyl (C=O) groups is 1. The standard InChI is InChI=1S/C15H11NO3/c16-9-11-5-7-12(8-6-11)13-3-1-2-4-14(13)19-10-15(17)18/h1-8H,10H2,(H,17,18). The number of carboxylic acid groups (broad SMARTS) is 1. The van der Waals surface area contributed by atoms with Gasteiger partial charge >= 0.3 is 5.97 Å². The quantitative estimate of drug-likeness (QED) is 0.909. The molecule has 0 aliphatic rings. The lowest BCUT2D eigenvalue weighted by Crippen LogP contribution is -2.09. The lowest BCUT2D eigenvalue weighted by molar-refractivity contribution is -0.139. The van der Waals surface area contributed by atoms with Crippen LogP contribution in [0, 0.1) is 11.3 Å². The summed E-state index contributed by atoms with van der Waals surface area (Å²) in [5, 5.41) is 17.4. The maximum absolute atomic E-state index is 10.5. The minimum absolute atomic E-state index is 0.382. The van der Waals surface area contributed by atoms with Crippen molar-refractivity contribution in [3.63, 3.8) is 0 Å². The van der Waals surface area contributed by atoms with Gasteiger partial charge in [0.1, 0.15) is 5.75 Å². The first-order valence-electron chi connectivity index (χ1n) is 5.65. The molecule has 0 aliphatic heterocycles. The topological polar surface area (TPSA) is 70.3 Å². The molecule has 2 rings (SSSR count). The largest absolute Gasteiger partial charge is 0.481 e. The molecule has 0 aromatic heterocycles. The van der Waals surface area contributed by atoms with Crippen molar-refractivity contribution in [2.24, 2.45) is 0 Å². The van der Waals surface area contributed by atoms with Crippen LogP contribution in [-0.2, 0) is 4.79 Å². The van der Waals surface area contributed by atoms with Crippen LogP contribution >= 0.6 is 0 Å². The Hall–Kier alpha value is -2.80. The Morgan fingerprint density at radius 2 is 1.84 bits per heavy atom. The van der Waals surface area contributed by atoms with E-state index in [-0.39, 0.29) is 6.61 Å². The van der Waals surface area contributed by atoms with Gasteiger partial charge in [-0.3, -0.25) is 0 Å². The Bertz CT molecular complexity index is 627. The van der Waals surface area contributed by atoms with Gasteiger partial charge in [0.15, 0.2) is 6.61 Å². The second-order valence-electron chi connectivity index (χ2n) is 3.87. The number of benzene rings is 2. The Morgan fingerprint density at radius 3 is 2.47 bits per heavy atom. The van der Waals surface area contributed by atoms with Crippen LogP contribution in [0.1, 0.15) is 5.56 Å². The summed E-state index contributed by atoms with van der Waals surface area (Å²) in [6.45, 7) is -0.382. The van der Waals surface area contributed by atoms with Crippen molar-refractivity contribution in [3.05, 3.63) is 54.1 Å². The number of rotatable bonds is 4. The van der Waals surface area contributed by atoms with Crippen molar-refractivity contribution in [1.82, 2.24) is 0 Å². The van der Waals surface area contributed by atoms with Gasteiger partial charge in [-0.1, -0.05) is 30.3 Å². The smallest absolute Gasteiger partial charge is 0.341 e. The van der Waals surface area contributed by atoms with Crippen molar-refractivity contribution in [2.75, 3.05) is 6.61 Å². The normalized spacial score (nSPS) is 9.63. The van der Waals surface area contributed by atoms with Gasteiger partial charge < -0.3 is 9.84 Å². The Labute approximate surface area is 110 Å². The molecule has 0 aliphatic carbocycles. The number of para-hydroxylation sites is 1. The van der Waals surface area contributed by atoms with E-state index in [0.29, 0.717) is 11.3 Å². The fourth-order valence-electron chi connectivity index (χ4n) is 1.69. The minimum Gasteiger partial charge on any atom is -0.481 e. The summed E-state index contributed by atoms with van der Waals surface area (Å²) in [6.07, 6.45) is 0. The van der Waals surface area contributed by atoms with Crippen molar-refractivity contribution in [1.29, 1.82) is 5.26 Å². The second-order valence-corrected chi connectivity index (χ2v) is 3.87. The molecule has 0 amide bonds. The molecule has 0 saturated carbocycles. The summed E-state index contributed by atoms with van der Waals surface area (Å²) < 4.78 is 5.24. The molecular formula is C15H11NO3. The van der Waals surface area contributed by atoms with Crippen LogP contribution in [0.4, 0.5) is 0 Å². The van der Waals surface area contributed by atoms with Gasteiger partial charge in [0.05, 0.1) is 11.6 Å². The highest BCUT2D eigenvalue weighted by Gasteiger charge is 2.07. The third-order valence-electron chi connectivity index (χ3n) is 2.56. The number of hydrogen-bond donors (Lipinski definition) is 1. The molecule has 0 unspecified atom stereocenters. The summed E-state index contributed by atoms with van der Waals surface area (Å²) in [4.78, 5) is 10.5. The summed E-state index contributed by atoms with van der Waals surface area (Å²) in [6, 6.07) is 16.3. The van der Waals surface area contributed by atoms with Gasteiger partial charge in [0.25, 0.3) is 0 Å². The van der Waals surface area contributed by atoms with Gasteiger partial charge in [-0.2, -0.15) is 5.26 Å². The number of nitrogens with zero attached hydrogens (tertiary/aromatic N) is 1. The van der Waals surface area contributed by atoms with E-state index in [9.17, 15) is 4.79 Å². The molecule has 0 fully saturated rings. The molecule has 4 heteroatoms. The molecule has 0 heterocycles. The molecule has 1 N–H and O–H groups in total. The predicted molar refractivity (Wildman–Crippen MR) is 69.7 cm³/mol. The molecule has 19 heavy (non-hydrogen) atoms. The monoisotopic (exact) mass is 253 g/mol. The van der Waals surface area contributed by atoms with E-state index in [1.165, 1.54) is 0 Å². The third kappa shape index (κ3) is 3.11. The van der Waals surface area contributed by atoms with E-state index < -0.39 is 5.97 Å². The highest BCUT2D eigenvalue weighted by atomic mass is 16.5. The molecule has 94 valence electrons. The van der Waals surface area contributed by atoms with E-state index in [2.05, 4.69) is 6.07 Å². The Morgan fingerprint density at radius 1 is 1.16 bits per heavy atom. The SMILES string of the molecule is N#Cc1ccc(-c2ccccc2OCC(=O)O)cc1. The summed E-state index contributed by atoms with van der Waals surface area (Å²) >= 11 is 0. The van der Waals surface area contributed by atoms with Gasteiger partial charge in [0, 0.05) is 5.56 Å². The van der Waals surface area contributed by atoms with Gasteiger partial charge in [-0.05, 0) is 23.8 Å². The first kappa shape index (κ1) is 12.7. The molecule has 0 bridgehead atoms. The fourth-order valence-corrected chi connectivity index (χ4v) is 1.69. The summed E-state index contributed by atoms with van der Waals surface area (Å²) in [7, 11) is 0. The molecule has 2 aromatic carbocycles. The number of aliphatic carboxylic acids is 1. The second kappa shape index (κ2) is 5.69. The summed E-state index contributed by atoms with van der Waals surface area (Å²) in [5.74, 6) is -0.510. The molecule has 0 spiro atoms. The zero-order valence-corrected chi connectivity index (χ0v) is 10.0. The molecule has 0 saturated heterocycles. The zero-order chi connectivity index (χ0) is 13.7. The average molecular weight is 253 g/mol. The molecular weight excluding hydrogens is 242 g/mol. The Balaban J connectivity index is 2.32. The van der Waals surface area contributed by atoms with Gasteiger partial charge in [-0.15, -0.1) is 0 Å². The van der Waals surface area contributed by atoms with Crippen molar-refractivity contribution >= 4 is 5.97 Å². The van der Waals surface area contributed by atoms with E-state index in [1.807, 2.05) is 24.3 Å². The zero-order valence-electron chi connectivity index (χ0n) is 10.0. The highest BCUT2D eigenvalue weighted by molar-refractivity contribution is 5.72. The van der Waals surface area contributed by atoms with Crippen molar-refractivity contribution in [2.45, 2.75) is 0 Å². The van der Waals surface area contributed by atoms with Crippen LogP contribution in [-0.4, -0.2) is 17.7 Å². The number of ether oxygens (including phenoxy) is 1. The van der Waals surface area contributed by atoms with Gasteiger partial charge in [-0.25, -0.2) is 4.79 Å². The van der Waals surface area contributed by atoms with Crippen LogP contribution in [0.15, 0.2) is 48.5 Å². The van der Waals surface area contributed by atoms with Gasteiger partial charge in [0.2, 0.25) is 0 Å². The van der Waals surface area contributed by atoms with E-state index >= 15 is 0 Å². The van der Waals surface area contributed by atoms with Crippen LogP contribution in [0.25, 0.3) is 11.1 Å². The third-order valence-corrected chi connectivity index (χ3v) is 2.56. The lowest BCUT2D eigenvalue weighted by atomic mass is 10.0. The van der Waals surface area contributed by atoms with Crippen molar-refractivity contribution in [3.8, 4) is 22.9 Å². The lowest BCUT2D eigenvalue weighted by Gasteiger charge is -2.10. The number of carboxylic acids is 1. The van der Waals surface area contributed by atoms with E-state index in [4.69, 9.17) is 15.1 Å². The van der Waals surface area contributed by atoms with Crippen molar-refractivity contribution < 1.29 is 14.6 Å². The minimum atomic E-state index is -1.02. The van der Waals surface area contributed by atoms with Crippen LogP contribution in [0.3, 0.4) is 0 Å². The summed E-state index contributed by atoms with van der Waals surface area (Å²) in [5.41, 5.74) is 2.25. The predicted octanol–water partition coefficient (Wildman–Crippen LogP) is 2.69. The number of hydrogen-bond acceptors (Lipinski definition) is 3. The van der Waals surface area contributed by atoms with E-state index in [1.54, 1.807) is 24.3 Å². The maximum Gasteiger partial charge on any atom is 0.341 e. The van der Waals surface area contributed by atoms with Crippen LogP contribution in [0.5, 0.6) is 5.75 Å². The molecule has 2 aromatic rings. The first-order chi connectivity index (χ1) is 9.20. The maximum atomic E-state index is 10.5. The van der Waals surface area contributed by atoms with E-state index in [0.717, 1.165) is 11.1 Å². The Kier molecular flexibility index (Phi) is 3.79. The van der Waals surface area contributed by atoms with Crippen LogP contribution < -0.4 is 4.74 Å². The molecule has 4 nitrogen and oxygen atoms in total. The number of nitriles is 1.